The second-order valence-electron chi connectivity index (χ2n) is 8.46. The Kier molecular flexibility index (Phi) is 6.77. The molecule has 5 aromatic rings. The van der Waals surface area contributed by atoms with E-state index in [0.717, 1.165) is 22.0 Å². The van der Waals surface area contributed by atoms with Gasteiger partial charge in [0.25, 0.3) is 5.56 Å². The van der Waals surface area contributed by atoms with Crippen LogP contribution in [0.5, 0.6) is 17.2 Å². The second-order valence-corrected chi connectivity index (χ2v) is 8.46. The van der Waals surface area contributed by atoms with E-state index >= 15 is 0 Å². The second kappa shape index (κ2) is 10.5. The Morgan fingerprint density at radius 2 is 1.84 bits per heavy atom. The van der Waals surface area contributed by atoms with Crippen molar-refractivity contribution >= 4 is 39.7 Å². The summed E-state index contributed by atoms with van der Waals surface area (Å²) in [5, 5.41) is 7.86. The molecular formula is C28H25N5O5. The molecule has 10 heteroatoms. The van der Waals surface area contributed by atoms with Crippen molar-refractivity contribution in [1.82, 2.24) is 14.6 Å². The molecule has 5 rings (SSSR count). The SMILES string of the molecule is COc1ccc2[nH]c3c(=O)n(/N=C\c4ccc(OC)c(COc5ccc(NC(C)=O)cc5)c4)cnc3c2c1. The maximum atomic E-state index is 13.1. The molecule has 0 saturated heterocycles. The third kappa shape index (κ3) is 5.05. The third-order valence-electron chi connectivity index (χ3n) is 5.90. The van der Waals surface area contributed by atoms with Gasteiger partial charge in [0, 0.05) is 29.1 Å². The van der Waals surface area contributed by atoms with E-state index in [-0.39, 0.29) is 18.1 Å². The summed E-state index contributed by atoms with van der Waals surface area (Å²) in [5.41, 5.74) is 3.63. The molecule has 2 N–H and O–H groups in total. The van der Waals surface area contributed by atoms with Gasteiger partial charge in [-0.05, 0) is 66.2 Å². The van der Waals surface area contributed by atoms with Crippen molar-refractivity contribution in [2.24, 2.45) is 5.10 Å². The van der Waals surface area contributed by atoms with Gasteiger partial charge < -0.3 is 24.5 Å². The standard InChI is InChI=1S/C28H25N5O5/c1-17(34)31-20-5-7-21(8-6-20)38-15-19-12-18(4-11-25(19)37-3)14-30-33-16-29-26-23-13-22(36-2)9-10-24(23)32-27(26)28(33)35/h4-14,16,32H,15H2,1-3H3,(H,31,34)/b30-14-. The molecular weight excluding hydrogens is 486 g/mol. The minimum absolute atomic E-state index is 0.137. The van der Waals surface area contributed by atoms with Gasteiger partial charge in [0.2, 0.25) is 5.91 Å². The Morgan fingerprint density at radius 1 is 1.05 bits per heavy atom. The first kappa shape index (κ1) is 24.6. The topological polar surface area (TPSA) is 120 Å². The molecule has 0 atom stereocenters. The van der Waals surface area contributed by atoms with Crippen LogP contribution in [0.3, 0.4) is 0 Å². The maximum absolute atomic E-state index is 13.1. The summed E-state index contributed by atoms with van der Waals surface area (Å²) in [6.45, 7) is 1.70. The molecule has 0 fully saturated rings. The van der Waals surface area contributed by atoms with E-state index in [9.17, 15) is 9.59 Å². The number of hydrogen-bond acceptors (Lipinski definition) is 7. The summed E-state index contributed by atoms with van der Waals surface area (Å²) in [4.78, 5) is 31.8. The fraction of sp³-hybridized carbons (Fsp3) is 0.143. The van der Waals surface area contributed by atoms with Gasteiger partial charge in [-0.2, -0.15) is 9.78 Å². The number of aromatic nitrogens is 3. The molecule has 0 saturated carbocycles. The molecule has 38 heavy (non-hydrogen) atoms. The Hall–Kier alpha value is -5.12. The van der Waals surface area contributed by atoms with Gasteiger partial charge in [-0.25, -0.2) is 4.98 Å². The van der Waals surface area contributed by atoms with Crippen molar-refractivity contribution in [2.75, 3.05) is 19.5 Å². The van der Waals surface area contributed by atoms with Gasteiger partial charge in [0.05, 0.1) is 20.4 Å². The lowest BCUT2D eigenvalue weighted by atomic mass is 10.1. The lowest BCUT2D eigenvalue weighted by Gasteiger charge is -2.12. The molecule has 192 valence electrons. The van der Waals surface area contributed by atoms with Crippen LogP contribution in [0.25, 0.3) is 21.9 Å². The summed E-state index contributed by atoms with van der Waals surface area (Å²) in [7, 11) is 3.18. The number of hydrogen-bond donors (Lipinski definition) is 2. The minimum Gasteiger partial charge on any atom is -0.497 e. The third-order valence-corrected chi connectivity index (χ3v) is 5.90. The smallest absolute Gasteiger partial charge is 0.298 e. The van der Waals surface area contributed by atoms with E-state index < -0.39 is 0 Å². The molecule has 2 heterocycles. The predicted octanol–water partition coefficient (Wildman–Crippen LogP) is 4.31. The van der Waals surface area contributed by atoms with Crippen LogP contribution in [0, 0.1) is 0 Å². The monoisotopic (exact) mass is 511 g/mol. The Balaban J connectivity index is 1.37. The Labute approximate surface area is 217 Å². The number of methoxy groups -OCH3 is 2. The fourth-order valence-electron chi connectivity index (χ4n) is 4.05. The van der Waals surface area contributed by atoms with E-state index in [0.29, 0.717) is 34.0 Å². The number of aromatic amines is 1. The van der Waals surface area contributed by atoms with E-state index in [4.69, 9.17) is 14.2 Å². The van der Waals surface area contributed by atoms with Gasteiger partial charge >= 0.3 is 0 Å². The number of carbonyl (C=O) groups excluding carboxylic acids is 1. The Morgan fingerprint density at radius 3 is 2.58 bits per heavy atom. The number of rotatable bonds is 8. The molecule has 0 unspecified atom stereocenters. The van der Waals surface area contributed by atoms with E-state index in [1.807, 2.05) is 36.4 Å². The highest BCUT2D eigenvalue weighted by Crippen LogP contribution is 2.26. The van der Waals surface area contributed by atoms with Crippen molar-refractivity contribution in [2.45, 2.75) is 13.5 Å². The highest BCUT2D eigenvalue weighted by atomic mass is 16.5. The number of ether oxygens (including phenoxy) is 3. The summed E-state index contributed by atoms with van der Waals surface area (Å²) >= 11 is 0. The molecule has 10 nitrogen and oxygen atoms in total. The summed E-state index contributed by atoms with van der Waals surface area (Å²) in [6, 6.07) is 18.1. The molecule has 0 aliphatic heterocycles. The van der Waals surface area contributed by atoms with Crippen LogP contribution in [0.2, 0.25) is 0 Å². The molecule has 0 radical (unpaired) electrons. The van der Waals surface area contributed by atoms with E-state index in [2.05, 4.69) is 20.4 Å². The van der Waals surface area contributed by atoms with Crippen molar-refractivity contribution < 1.29 is 19.0 Å². The van der Waals surface area contributed by atoms with Crippen molar-refractivity contribution in [1.29, 1.82) is 0 Å². The quantitative estimate of drug-likeness (QED) is 0.300. The molecule has 0 aliphatic rings. The molecule has 0 bridgehead atoms. The number of H-pyrrole nitrogens is 1. The molecule has 0 aliphatic carbocycles. The zero-order valence-electron chi connectivity index (χ0n) is 21.0. The normalized spacial score (nSPS) is 11.2. The summed E-state index contributed by atoms with van der Waals surface area (Å²) in [5.74, 6) is 1.85. The number of benzene rings is 3. The van der Waals surface area contributed by atoms with Crippen LogP contribution in [-0.2, 0) is 11.4 Å². The van der Waals surface area contributed by atoms with Crippen molar-refractivity contribution in [3.05, 3.63) is 88.5 Å². The lowest BCUT2D eigenvalue weighted by Crippen LogP contribution is -2.17. The average Bonchev–Trinajstić information content (AvgIpc) is 3.30. The number of nitrogens with one attached hydrogen (secondary N) is 2. The van der Waals surface area contributed by atoms with Crippen LogP contribution in [-0.4, -0.2) is 41.0 Å². The number of nitrogens with zero attached hydrogens (tertiary/aromatic N) is 3. The highest BCUT2D eigenvalue weighted by molar-refractivity contribution is 6.04. The number of amides is 1. The van der Waals surface area contributed by atoms with Gasteiger partial charge in [0.15, 0.2) is 0 Å². The zero-order valence-corrected chi connectivity index (χ0v) is 21.0. The molecule has 0 spiro atoms. The van der Waals surface area contributed by atoms with Crippen molar-refractivity contribution in [3.8, 4) is 17.2 Å². The Bertz CT molecular complexity index is 1720. The lowest BCUT2D eigenvalue weighted by molar-refractivity contribution is -0.114. The summed E-state index contributed by atoms with van der Waals surface area (Å²) in [6.07, 6.45) is 2.97. The average molecular weight is 512 g/mol. The van der Waals surface area contributed by atoms with Gasteiger partial charge in [-0.15, -0.1) is 0 Å². The first-order valence-electron chi connectivity index (χ1n) is 11.7. The molecule has 2 aromatic heterocycles. The van der Waals surface area contributed by atoms with Crippen LogP contribution in [0.1, 0.15) is 18.1 Å². The van der Waals surface area contributed by atoms with Crippen LogP contribution < -0.4 is 25.1 Å². The molecule has 1 amide bonds. The highest BCUT2D eigenvalue weighted by Gasteiger charge is 2.12. The van der Waals surface area contributed by atoms with Crippen LogP contribution in [0.15, 0.2) is 76.9 Å². The first-order chi connectivity index (χ1) is 18.4. The number of anilines is 1. The largest absolute Gasteiger partial charge is 0.497 e. The number of fused-ring (bicyclic) bond motifs is 3. The predicted molar refractivity (Wildman–Crippen MR) is 145 cm³/mol. The zero-order chi connectivity index (χ0) is 26.6. The van der Waals surface area contributed by atoms with Gasteiger partial charge in [-0.3, -0.25) is 9.59 Å². The first-order valence-corrected chi connectivity index (χ1v) is 11.7. The maximum Gasteiger partial charge on any atom is 0.298 e. The van der Waals surface area contributed by atoms with Gasteiger partial charge in [0.1, 0.15) is 41.2 Å². The van der Waals surface area contributed by atoms with Gasteiger partial charge in [-0.1, -0.05) is 0 Å². The summed E-state index contributed by atoms with van der Waals surface area (Å²) < 4.78 is 17.9. The number of carbonyl (C=O) groups is 1. The van der Waals surface area contributed by atoms with E-state index in [1.165, 1.54) is 17.9 Å². The minimum atomic E-state index is -0.318. The van der Waals surface area contributed by atoms with Crippen molar-refractivity contribution in [3.63, 3.8) is 0 Å². The van der Waals surface area contributed by atoms with E-state index in [1.54, 1.807) is 44.7 Å². The molecule has 3 aromatic carbocycles. The van der Waals surface area contributed by atoms with Crippen LogP contribution >= 0.6 is 0 Å². The van der Waals surface area contributed by atoms with Crippen LogP contribution in [0.4, 0.5) is 5.69 Å². The fourth-order valence-corrected chi connectivity index (χ4v) is 4.05.